The Morgan fingerprint density at radius 1 is 1.50 bits per heavy atom. The molecule has 0 amide bonds. The van der Waals surface area contributed by atoms with Crippen molar-refractivity contribution < 1.29 is 9.53 Å². The summed E-state index contributed by atoms with van der Waals surface area (Å²) in [6.07, 6.45) is 3.42. The number of esters is 1. The number of nitrogens with zero attached hydrogens (tertiary/aromatic N) is 2. The van der Waals surface area contributed by atoms with Gasteiger partial charge in [0.05, 0.1) is 30.7 Å². The van der Waals surface area contributed by atoms with Gasteiger partial charge in [-0.25, -0.2) is 9.78 Å². The summed E-state index contributed by atoms with van der Waals surface area (Å²) in [7, 11) is 1.37. The minimum absolute atomic E-state index is 0.321. The van der Waals surface area contributed by atoms with E-state index >= 15 is 0 Å². The molecule has 2 rings (SSSR count). The number of hydrogen-bond acceptors (Lipinski definition) is 3. The number of aryl methyl sites for hydroxylation is 1. The highest BCUT2D eigenvalue weighted by molar-refractivity contribution is 5.91. The molecule has 0 aliphatic heterocycles. The number of imidazole rings is 1. The highest BCUT2D eigenvalue weighted by Crippen LogP contribution is 2.12. The topological polar surface area (TPSA) is 43.6 Å². The first-order chi connectivity index (χ1) is 6.74. The number of hydrogen-bond donors (Lipinski definition) is 0. The largest absolute Gasteiger partial charge is 0.465 e. The molecule has 0 spiro atoms. The second-order valence-electron chi connectivity index (χ2n) is 3.01. The molecule has 2 aromatic rings. The predicted octanol–water partition coefficient (Wildman–Crippen LogP) is 1.43. The van der Waals surface area contributed by atoms with Gasteiger partial charge in [0, 0.05) is 5.69 Å². The first kappa shape index (κ1) is 8.74. The maximum absolute atomic E-state index is 11.3. The van der Waals surface area contributed by atoms with Crippen LogP contribution in [0.3, 0.4) is 0 Å². The summed E-state index contributed by atoms with van der Waals surface area (Å²) >= 11 is 0. The number of methoxy groups -OCH3 is 1. The number of fused-ring (bicyclic) bond motifs is 1. The number of rotatable bonds is 1. The highest BCUT2D eigenvalue weighted by atomic mass is 16.5. The van der Waals surface area contributed by atoms with Crippen molar-refractivity contribution in [1.82, 2.24) is 9.38 Å². The van der Waals surface area contributed by atoms with Crippen LogP contribution in [0.4, 0.5) is 0 Å². The molecule has 0 unspecified atom stereocenters. The standard InChI is InChI=1S/C10H10N2O2/c1-7-9(10(13)14-2)4-3-8-5-11-6-12(7)8/h3-6H,1-2H3. The number of pyridine rings is 1. The third-order valence-corrected chi connectivity index (χ3v) is 2.24. The average molecular weight is 190 g/mol. The summed E-state index contributed by atoms with van der Waals surface area (Å²) in [6.45, 7) is 1.86. The molecule has 0 radical (unpaired) electrons. The van der Waals surface area contributed by atoms with Crippen molar-refractivity contribution in [2.75, 3.05) is 7.11 Å². The van der Waals surface area contributed by atoms with Crippen molar-refractivity contribution in [3.05, 3.63) is 35.9 Å². The fourth-order valence-electron chi connectivity index (χ4n) is 1.45. The molecule has 0 atom stereocenters. The lowest BCUT2D eigenvalue weighted by Gasteiger charge is -2.05. The van der Waals surface area contributed by atoms with Gasteiger partial charge in [-0.1, -0.05) is 0 Å². The van der Waals surface area contributed by atoms with Crippen molar-refractivity contribution in [1.29, 1.82) is 0 Å². The molecule has 0 aromatic carbocycles. The zero-order valence-corrected chi connectivity index (χ0v) is 8.02. The quantitative estimate of drug-likeness (QED) is 0.639. The van der Waals surface area contributed by atoms with Crippen LogP contribution in [0.1, 0.15) is 16.1 Å². The number of aromatic nitrogens is 2. The van der Waals surface area contributed by atoms with Gasteiger partial charge in [-0.3, -0.25) is 0 Å². The Morgan fingerprint density at radius 3 is 3.00 bits per heavy atom. The van der Waals surface area contributed by atoms with Gasteiger partial charge in [-0.2, -0.15) is 0 Å². The summed E-state index contributed by atoms with van der Waals surface area (Å²) in [4.78, 5) is 15.3. The zero-order chi connectivity index (χ0) is 10.1. The molecule has 14 heavy (non-hydrogen) atoms. The van der Waals surface area contributed by atoms with Crippen molar-refractivity contribution in [2.45, 2.75) is 6.92 Å². The molecular formula is C10H10N2O2. The van der Waals surface area contributed by atoms with E-state index in [9.17, 15) is 4.79 Å². The van der Waals surface area contributed by atoms with Crippen LogP contribution in [0.2, 0.25) is 0 Å². The molecule has 0 saturated carbocycles. The lowest BCUT2D eigenvalue weighted by Crippen LogP contribution is -2.06. The fraction of sp³-hybridized carbons (Fsp3) is 0.200. The molecule has 0 aliphatic rings. The Hall–Kier alpha value is -1.84. The molecule has 0 saturated heterocycles. The average Bonchev–Trinajstić information content (AvgIpc) is 2.66. The third kappa shape index (κ3) is 1.16. The number of carbonyl (C=O) groups is 1. The lowest BCUT2D eigenvalue weighted by atomic mass is 10.2. The van der Waals surface area contributed by atoms with Gasteiger partial charge in [0.15, 0.2) is 0 Å². The molecule has 2 heterocycles. The van der Waals surface area contributed by atoms with E-state index in [0.717, 1.165) is 11.2 Å². The van der Waals surface area contributed by atoms with Gasteiger partial charge < -0.3 is 9.14 Å². The van der Waals surface area contributed by atoms with E-state index < -0.39 is 0 Å². The minimum atomic E-state index is -0.321. The molecular weight excluding hydrogens is 180 g/mol. The van der Waals surface area contributed by atoms with Gasteiger partial charge in [-0.05, 0) is 19.1 Å². The summed E-state index contributed by atoms with van der Waals surface area (Å²) in [5.41, 5.74) is 2.38. The number of carbonyl (C=O) groups excluding carboxylic acids is 1. The van der Waals surface area contributed by atoms with Crippen LogP contribution in [-0.4, -0.2) is 22.5 Å². The summed E-state index contributed by atoms with van der Waals surface area (Å²) < 4.78 is 6.52. The smallest absolute Gasteiger partial charge is 0.339 e. The van der Waals surface area contributed by atoms with Gasteiger partial charge in [0.1, 0.15) is 0 Å². The van der Waals surface area contributed by atoms with E-state index in [1.165, 1.54) is 7.11 Å². The third-order valence-electron chi connectivity index (χ3n) is 2.24. The second kappa shape index (κ2) is 3.14. The Kier molecular flexibility index (Phi) is 1.96. The van der Waals surface area contributed by atoms with Gasteiger partial charge >= 0.3 is 5.97 Å². The number of ether oxygens (including phenoxy) is 1. The van der Waals surface area contributed by atoms with E-state index in [1.54, 1.807) is 18.6 Å². The maximum atomic E-state index is 11.3. The monoisotopic (exact) mass is 190 g/mol. The first-order valence-corrected chi connectivity index (χ1v) is 4.24. The molecule has 72 valence electrons. The zero-order valence-electron chi connectivity index (χ0n) is 8.02. The molecule has 0 aliphatic carbocycles. The van der Waals surface area contributed by atoms with E-state index in [2.05, 4.69) is 9.72 Å². The maximum Gasteiger partial charge on any atom is 0.339 e. The summed E-state index contributed by atoms with van der Waals surface area (Å²) in [6, 6.07) is 3.59. The van der Waals surface area contributed by atoms with Crippen LogP contribution in [0.5, 0.6) is 0 Å². The minimum Gasteiger partial charge on any atom is -0.465 e. The van der Waals surface area contributed by atoms with Gasteiger partial charge in [0.2, 0.25) is 0 Å². The van der Waals surface area contributed by atoms with E-state index in [-0.39, 0.29) is 5.97 Å². The van der Waals surface area contributed by atoms with Crippen LogP contribution in [0, 0.1) is 6.92 Å². The molecule has 2 aromatic heterocycles. The molecule has 0 fully saturated rings. The Morgan fingerprint density at radius 2 is 2.29 bits per heavy atom. The van der Waals surface area contributed by atoms with Crippen molar-refractivity contribution >= 4 is 11.5 Å². The molecule has 0 bridgehead atoms. The van der Waals surface area contributed by atoms with E-state index in [1.807, 2.05) is 17.4 Å². The SMILES string of the molecule is COC(=O)c1ccc2cncn2c1C. The second-order valence-corrected chi connectivity index (χ2v) is 3.01. The van der Waals surface area contributed by atoms with Crippen LogP contribution in [0.15, 0.2) is 24.7 Å². The fourth-order valence-corrected chi connectivity index (χ4v) is 1.45. The van der Waals surface area contributed by atoms with Crippen LogP contribution in [0.25, 0.3) is 5.52 Å². The molecule has 4 heteroatoms. The highest BCUT2D eigenvalue weighted by Gasteiger charge is 2.10. The summed E-state index contributed by atoms with van der Waals surface area (Å²) in [5, 5.41) is 0. The normalized spacial score (nSPS) is 10.4. The predicted molar refractivity (Wildman–Crippen MR) is 51.3 cm³/mol. The van der Waals surface area contributed by atoms with E-state index in [0.29, 0.717) is 5.56 Å². The van der Waals surface area contributed by atoms with Crippen LogP contribution < -0.4 is 0 Å². The van der Waals surface area contributed by atoms with Crippen LogP contribution >= 0.6 is 0 Å². The Labute approximate surface area is 81.1 Å². The van der Waals surface area contributed by atoms with Crippen molar-refractivity contribution in [2.24, 2.45) is 0 Å². The molecule has 0 N–H and O–H groups in total. The van der Waals surface area contributed by atoms with E-state index in [4.69, 9.17) is 0 Å². The van der Waals surface area contributed by atoms with Crippen molar-refractivity contribution in [3.63, 3.8) is 0 Å². The Bertz CT molecular complexity index is 488. The first-order valence-electron chi connectivity index (χ1n) is 4.24. The van der Waals surface area contributed by atoms with Crippen molar-refractivity contribution in [3.8, 4) is 0 Å². The molecule has 4 nitrogen and oxygen atoms in total. The van der Waals surface area contributed by atoms with Crippen LogP contribution in [-0.2, 0) is 4.74 Å². The summed E-state index contributed by atoms with van der Waals surface area (Å²) in [5.74, 6) is -0.321. The van der Waals surface area contributed by atoms with Gasteiger partial charge in [0.25, 0.3) is 0 Å². The lowest BCUT2D eigenvalue weighted by molar-refractivity contribution is 0.0599. The van der Waals surface area contributed by atoms with Gasteiger partial charge in [-0.15, -0.1) is 0 Å². The Balaban J connectivity index is 2.67.